The molecule has 0 saturated heterocycles. The van der Waals surface area contributed by atoms with Crippen LogP contribution in [0, 0.1) is 27.7 Å². The van der Waals surface area contributed by atoms with Crippen molar-refractivity contribution in [1.29, 1.82) is 0 Å². The van der Waals surface area contributed by atoms with Crippen LogP contribution in [0.5, 0.6) is 5.75 Å². The summed E-state index contributed by atoms with van der Waals surface area (Å²) in [6.45, 7) is 10.5. The van der Waals surface area contributed by atoms with Gasteiger partial charge in [0.25, 0.3) is 0 Å². The van der Waals surface area contributed by atoms with Gasteiger partial charge in [0.15, 0.2) is 11.3 Å². The molecule has 4 rings (SSSR count). The van der Waals surface area contributed by atoms with Gasteiger partial charge in [0.1, 0.15) is 5.75 Å². The van der Waals surface area contributed by atoms with Crippen LogP contribution in [0.25, 0.3) is 16.7 Å². The van der Waals surface area contributed by atoms with Gasteiger partial charge in [0.05, 0.1) is 17.7 Å². The zero-order valence-corrected chi connectivity index (χ0v) is 18.6. The summed E-state index contributed by atoms with van der Waals surface area (Å²) in [5, 5.41) is 8.63. The highest BCUT2D eigenvalue weighted by molar-refractivity contribution is 5.93. The van der Waals surface area contributed by atoms with Crippen LogP contribution >= 0.6 is 0 Å². The van der Waals surface area contributed by atoms with Gasteiger partial charge in [-0.05, 0) is 70.4 Å². The van der Waals surface area contributed by atoms with Crippen molar-refractivity contribution in [3.8, 4) is 5.75 Å². The van der Waals surface area contributed by atoms with Crippen molar-refractivity contribution >= 4 is 28.3 Å². The fourth-order valence-corrected chi connectivity index (χ4v) is 4.03. The Kier molecular flexibility index (Phi) is 5.59. The Balaban J connectivity index is 1.60. The molecule has 7 nitrogen and oxygen atoms in total. The Hall–Kier alpha value is -3.48. The number of anilines is 1. The van der Waals surface area contributed by atoms with E-state index in [0.717, 1.165) is 39.2 Å². The number of hydrogen-bond donors (Lipinski definition) is 1. The fraction of sp³-hybridized carbons (Fsp3) is 0.333. The van der Waals surface area contributed by atoms with Crippen molar-refractivity contribution in [3.05, 3.63) is 58.5 Å². The van der Waals surface area contributed by atoms with Gasteiger partial charge in [-0.1, -0.05) is 12.1 Å². The minimum atomic E-state index is -0.0650. The topological polar surface area (TPSA) is 81.4 Å². The summed E-state index contributed by atoms with van der Waals surface area (Å²) in [6.07, 6.45) is 0.914. The molecule has 0 aliphatic carbocycles. The molecule has 1 amide bonds. The summed E-state index contributed by atoms with van der Waals surface area (Å²) < 4.78 is 7.45. The first-order valence-corrected chi connectivity index (χ1v) is 10.5. The van der Waals surface area contributed by atoms with Gasteiger partial charge in [-0.3, -0.25) is 4.79 Å². The largest absolute Gasteiger partial charge is 0.492 e. The number of carbonyl (C=O) groups excluding carboxylic acids is 1. The average molecular weight is 418 g/mol. The van der Waals surface area contributed by atoms with Crippen LogP contribution in [-0.2, 0) is 11.2 Å². The van der Waals surface area contributed by atoms with E-state index in [0.29, 0.717) is 36.5 Å². The molecule has 1 aromatic carbocycles. The monoisotopic (exact) mass is 417 g/mol. The number of pyridine rings is 1. The quantitative estimate of drug-likeness (QED) is 0.500. The molecule has 0 aliphatic heterocycles. The number of benzene rings is 1. The van der Waals surface area contributed by atoms with Crippen LogP contribution in [0.3, 0.4) is 0 Å². The Morgan fingerprint density at radius 1 is 1.13 bits per heavy atom. The highest BCUT2D eigenvalue weighted by Gasteiger charge is 2.17. The maximum Gasteiger partial charge on any atom is 0.224 e. The lowest BCUT2D eigenvalue weighted by atomic mass is 10.1. The third kappa shape index (κ3) is 3.95. The minimum Gasteiger partial charge on any atom is -0.492 e. The van der Waals surface area contributed by atoms with Gasteiger partial charge in [-0.2, -0.15) is 0 Å². The summed E-state index contributed by atoms with van der Waals surface area (Å²) in [4.78, 5) is 22.0. The molecule has 1 N–H and O–H groups in total. The Morgan fingerprint density at radius 3 is 2.68 bits per heavy atom. The molecule has 160 valence electrons. The zero-order chi connectivity index (χ0) is 22.1. The predicted molar refractivity (Wildman–Crippen MR) is 122 cm³/mol. The van der Waals surface area contributed by atoms with Crippen molar-refractivity contribution in [2.75, 3.05) is 11.9 Å². The molecule has 4 aromatic rings. The standard InChI is InChI=1S/C24H27N5O2/c1-6-31-20-10-8-7-9-19(20)27-21(30)12-11-18-16(4)26-24-22-14(2)13-15(3)25-23(22)28-29(24)17(18)5/h7-10,13H,6,11-12H2,1-5H3,(H,27,30). The van der Waals surface area contributed by atoms with Gasteiger partial charge in [0.2, 0.25) is 5.91 Å². The molecule has 0 aliphatic rings. The second kappa shape index (κ2) is 8.34. The molecule has 0 bridgehead atoms. The van der Waals surface area contributed by atoms with Crippen molar-refractivity contribution < 1.29 is 9.53 Å². The van der Waals surface area contributed by atoms with E-state index in [1.54, 1.807) is 0 Å². The Morgan fingerprint density at radius 2 is 1.90 bits per heavy atom. The molecule has 0 spiro atoms. The van der Waals surface area contributed by atoms with Crippen molar-refractivity contribution in [2.24, 2.45) is 0 Å². The predicted octanol–water partition coefficient (Wildman–Crippen LogP) is 4.48. The number of hydrogen-bond acceptors (Lipinski definition) is 5. The number of para-hydroxylation sites is 2. The van der Waals surface area contributed by atoms with E-state index >= 15 is 0 Å². The maximum absolute atomic E-state index is 12.6. The number of aromatic nitrogens is 4. The number of nitrogens with zero attached hydrogens (tertiary/aromatic N) is 4. The molecule has 3 heterocycles. The van der Waals surface area contributed by atoms with Gasteiger partial charge in [0, 0.05) is 23.5 Å². The highest BCUT2D eigenvalue weighted by atomic mass is 16.5. The number of fused-ring (bicyclic) bond motifs is 3. The van der Waals surface area contributed by atoms with Crippen LogP contribution in [0.1, 0.15) is 41.6 Å². The van der Waals surface area contributed by atoms with E-state index in [2.05, 4.69) is 23.3 Å². The second-order valence-electron chi connectivity index (χ2n) is 7.75. The Bertz CT molecular complexity index is 1290. The maximum atomic E-state index is 12.6. The first-order chi connectivity index (χ1) is 14.9. The third-order valence-corrected chi connectivity index (χ3v) is 5.47. The van der Waals surface area contributed by atoms with Crippen molar-refractivity contribution in [2.45, 2.75) is 47.5 Å². The van der Waals surface area contributed by atoms with Gasteiger partial charge < -0.3 is 10.1 Å². The smallest absolute Gasteiger partial charge is 0.224 e. The van der Waals surface area contributed by atoms with E-state index in [1.165, 1.54) is 0 Å². The fourth-order valence-electron chi connectivity index (χ4n) is 4.03. The molecule has 3 aromatic heterocycles. The molecular weight excluding hydrogens is 390 g/mol. The van der Waals surface area contributed by atoms with Crippen LogP contribution in [0.2, 0.25) is 0 Å². The molecule has 7 heteroatoms. The molecule has 0 radical (unpaired) electrons. The van der Waals surface area contributed by atoms with Crippen molar-refractivity contribution in [3.63, 3.8) is 0 Å². The molecule has 0 saturated carbocycles. The average Bonchev–Trinajstić information content (AvgIpc) is 3.08. The molecule has 0 fully saturated rings. The molecular formula is C24H27N5O2. The van der Waals surface area contributed by atoms with E-state index in [9.17, 15) is 4.79 Å². The highest BCUT2D eigenvalue weighted by Crippen LogP contribution is 2.26. The van der Waals surface area contributed by atoms with Gasteiger partial charge >= 0.3 is 0 Å². The lowest BCUT2D eigenvalue weighted by Gasteiger charge is -2.13. The first-order valence-electron chi connectivity index (χ1n) is 10.5. The number of carbonyl (C=O) groups is 1. The SMILES string of the molecule is CCOc1ccccc1NC(=O)CCc1c(C)nc2c3c(C)cc(C)nc3nn2c1C. The first kappa shape index (κ1) is 20.8. The van der Waals surface area contributed by atoms with Crippen LogP contribution in [0.4, 0.5) is 5.69 Å². The van der Waals surface area contributed by atoms with Gasteiger partial charge in [-0.15, -0.1) is 5.10 Å². The number of amides is 1. The summed E-state index contributed by atoms with van der Waals surface area (Å²) in [6, 6.07) is 9.52. The van der Waals surface area contributed by atoms with Gasteiger partial charge in [-0.25, -0.2) is 14.5 Å². The number of nitrogens with one attached hydrogen (secondary N) is 1. The summed E-state index contributed by atoms with van der Waals surface area (Å²) in [7, 11) is 0. The normalized spacial score (nSPS) is 11.3. The second-order valence-corrected chi connectivity index (χ2v) is 7.75. The van der Waals surface area contributed by atoms with E-state index in [1.807, 2.05) is 56.5 Å². The third-order valence-electron chi connectivity index (χ3n) is 5.47. The molecule has 0 unspecified atom stereocenters. The number of aryl methyl sites for hydroxylation is 4. The zero-order valence-electron chi connectivity index (χ0n) is 18.6. The lowest BCUT2D eigenvalue weighted by Crippen LogP contribution is -2.15. The Labute approximate surface area is 181 Å². The van der Waals surface area contributed by atoms with Crippen LogP contribution in [-0.4, -0.2) is 32.1 Å². The van der Waals surface area contributed by atoms with E-state index in [4.69, 9.17) is 14.8 Å². The minimum absolute atomic E-state index is 0.0650. The van der Waals surface area contributed by atoms with Crippen molar-refractivity contribution in [1.82, 2.24) is 19.6 Å². The summed E-state index contributed by atoms with van der Waals surface area (Å²) >= 11 is 0. The van der Waals surface area contributed by atoms with Crippen LogP contribution in [0.15, 0.2) is 30.3 Å². The van der Waals surface area contributed by atoms with E-state index in [-0.39, 0.29) is 5.91 Å². The number of rotatable bonds is 6. The van der Waals surface area contributed by atoms with Crippen LogP contribution < -0.4 is 10.1 Å². The molecule has 0 atom stereocenters. The molecule has 31 heavy (non-hydrogen) atoms. The lowest BCUT2D eigenvalue weighted by molar-refractivity contribution is -0.116. The number of ether oxygens (including phenoxy) is 1. The summed E-state index contributed by atoms with van der Waals surface area (Å²) in [5.41, 5.74) is 7.18. The van der Waals surface area contributed by atoms with E-state index < -0.39 is 0 Å². The summed E-state index contributed by atoms with van der Waals surface area (Å²) in [5.74, 6) is 0.611.